The van der Waals surface area contributed by atoms with Crippen molar-refractivity contribution in [1.29, 1.82) is 0 Å². The second kappa shape index (κ2) is 10.7. The maximum atomic E-state index is 12.8. The summed E-state index contributed by atoms with van der Waals surface area (Å²) in [5.41, 5.74) is 1.08. The molecule has 0 saturated carbocycles. The van der Waals surface area contributed by atoms with Crippen LogP contribution in [0.25, 0.3) is 6.08 Å². The van der Waals surface area contributed by atoms with Gasteiger partial charge >= 0.3 is 6.61 Å². The fraction of sp³-hybridized carbons (Fsp3) is 0.348. The number of carbonyl (C=O) groups excluding carboxylic acids is 2. The summed E-state index contributed by atoms with van der Waals surface area (Å²) in [5.74, 6) is -0.400. The molecule has 1 fully saturated rings. The minimum Gasteiger partial charge on any atom is -0.493 e. The zero-order chi connectivity index (χ0) is 23.1. The zero-order valence-corrected chi connectivity index (χ0v) is 17.9. The predicted octanol–water partition coefficient (Wildman–Crippen LogP) is 3.89. The largest absolute Gasteiger partial charge is 0.493 e. The lowest BCUT2D eigenvalue weighted by Crippen LogP contribution is -2.43. The molecule has 1 atom stereocenters. The minimum atomic E-state index is -3.03. The minimum absolute atomic E-state index is 0.138. The highest BCUT2D eigenvalue weighted by molar-refractivity contribution is 5.95. The summed E-state index contributed by atoms with van der Waals surface area (Å²) < 4.78 is 35.2. The van der Waals surface area contributed by atoms with Gasteiger partial charge in [0.25, 0.3) is 0 Å². The Hall–Kier alpha value is -3.49. The molecule has 32 heavy (non-hydrogen) atoms. The standard InChI is InChI=1S/C23H25F2N3O4/c1-15-6-3-10-19(26-15)27-22(30)17-8-5-13-28(14-17)20(29)12-11-16-7-4-9-18(31-2)21(16)32-23(24)25/h3-4,6-7,9-12,17,23H,5,8,13-14H2,1-2H3,(H,26,27,30). The van der Waals surface area contributed by atoms with E-state index in [1.807, 2.05) is 19.1 Å². The van der Waals surface area contributed by atoms with Gasteiger partial charge in [-0.15, -0.1) is 0 Å². The van der Waals surface area contributed by atoms with Gasteiger partial charge in [-0.2, -0.15) is 8.78 Å². The van der Waals surface area contributed by atoms with Crippen molar-refractivity contribution in [3.8, 4) is 11.5 Å². The second-order valence-electron chi connectivity index (χ2n) is 7.37. The van der Waals surface area contributed by atoms with E-state index in [9.17, 15) is 18.4 Å². The molecular formula is C23H25F2N3O4. The van der Waals surface area contributed by atoms with Crippen molar-refractivity contribution in [2.24, 2.45) is 5.92 Å². The molecule has 0 radical (unpaired) electrons. The average Bonchev–Trinajstić information content (AvgIpc) is 2.77. The van der Waals surface area contributed by atoms with Crippen LogP contribution in [-0.2, 0) is 9.59 Å². The normalized spacial score (nSPS) is 16.3. The van der Waals surface area contributed by atoms with E-state index in [-0.39, 0.29) is 41.3 Å². The van der Waals surface area contributed by atoms with Crippen LogP contribution < -0.4 is 14.8 Å². The van der Waals surface area contributed by atoms with E-state index >= 15 is 0 Å². The third kappa shape index (κ3) is 6.03. The molecule has 1 aromatic heterocycles. The van der Waals surface area contributed by atoms with Crippen LogP contribution in [0.15, 0.2) is 42.5 Å². The fourth-order valence-corrected chi connectivity index (χ4v) is 3.54. The number of pyridine rings is 1. The number of amides is 2. The Bertz CT molecular complexity index is 997. The molecule has 2 aromatic rings. The van der Waals surface area contributed by atoms with Gasteiger partial charge in [0, 0.05) is 30.4 Å². The molecule has 1 aromatic carbocycles. The molecule has 1 unspecified atom stereocenters. The number of para-hydroxylation sites is 1. The van der Waals surface area contributed by atoms with E-state index in [4.69, 9.17) is 4.74 Å². The predicted molar refractivity (Wildman–Crippen MR) is 116 cm³/mol. The highest BCUT2D eigenvalue weighted by Gasteiger charge is 2.28. The monoisotopic (exact) mass is 445 g/mol. The van der Waals surface area contributed by atoms with Gasteiger partial charge < -0.3 is 19.7 Å². The number of anilines is 1. The number of halogens is 2. The van der Waals surface area contributed by atoms with Crippen molar-refractivity contribution in [2.75, 3.05) is 25.5 Å². The van der Waals surface area contributed by atoms with Crippen LogP contribution in [0.5, 0.6) is 11.5 Å². The van der Waals surface area contributed by atoms with E-state index in [2.05, 4.69) is 15.0 Å². The van der Waals surface area contributed by atoms with E-state index in [1.54, 1.807) is 23.1 Å². The Morgan fingerprint density at radius 2 is 2.03 bits per heavy atom. The quantitative estimate of drug-likeness (QED) is 0.654. The number of aryl methyl sites for hydroxylation is 1. The van der Waals surface area contributed by atoms with Crippen molar-refractivity contribution in [3.05, 3.63) is 53.7 Å². The van der Waals surface area contributed by atoms with E-state index in [1.165, 1.54) is 25.3 Å². The van der Waals surface area contributed by atoms with Crippen LogP contribution in [0.3, 0.4) is 0 Å². The third-order valence-corrected chi connectivity index (χ3v) is 5.09. The number of nitrogens with one attached hydrogen (secondary N) is 1. The number of alkyl halides is 2. The average molecular weight is 445 g/mol. The van der Waals surface area contributed by atoms with E-state index < -0.39 is 6.61 Å². The van der Waals surface area contributed by atoms with Crippen LogP contribution in [0.2, 0.25) is 0 Å². The SMILES string of the molecule is COc1cccc(C=CC(=O)N2CCCC(C(=O)Nc3cccc(C)n3)C2)c1OC(F)F. The summed E-state index contributed by atoms with van der Waals surface area (Å²) in [7, 11) is 1.34. The third-order valence-electron chi connectivity index (χ3n) is 5.09. The molecule has 1 aliphatic heterocycles. The van der Waals surface area contributed by atoms with Crippen LogP contribution in [0.4, 0.5) is 14.6 Å². The van der Waals surface area contributed by atoms with Crippen LogP contribution in [0.1, 0.15) is 24.1 Å². The van der Waals surface area contributed by atoms with Gasteiger partial charge in [-0.3, -0.25) is 9.59 Å². The zero-order valence-electron chi connectivity index (χ0n) is 17.9. The summed E-state index contributed by atoms with van der Waals surface area (Å²) in [4.78, 5) is 31.2. The molecule has 2 amide bonds. The smallest absolute Gasteiger partial charge is 0.387 e. The van der Waals surface area contributed by atoms with Crippen molar-refractivity contribution < 1.29 is 27.8 Å². The van der Waals surface area contributed by atoms with Gasteiger partial charge in [0.2, 0.25) is 11.8 Å². The molecule has 2 heterocycles. The Labute approximate surface area is 185 Å². The van der Waals surface area contributed by atoms with Crippen molar-refractivity contribution >= 4 is 23.7 Å². The number of likely N-dealkylation sites (tertiary alicyclic amines) is 1. The maximum Gasteiger partial charge on any atom is 0.387 e. The second-order valence-corrected chi connectivity index (χ2v) is 7.37. The van der Waals surface area contributed by atoms with Gasteiger partial charge in [-0.25, -0.2) is 4.98 Å². The highest BCUT2D eigenvalue weighted by atomic mass is 19.3. The molecule has 1 aliphatic rings. The lowest BCUT2D eigenvalue weighted by Gasteiger charge is -2.31. The lowest BCUT2D eigenvalue weighted by atomic mass is 9.97. The van der Waals surface area contributed by atoms with Crippen molar-refractivity contribution in [1.82, 2.24) is 9.88 Å². The molecular weight excluding hydrogens is 420 g/mol. The molecule has 9 heteroatoms. The number of ether oxygens (including phenoxy) is 2. The summed E-state index contributed by atoms with van der Waals surface area (Å²) in [6.07, 6.45) is 4.03. The van der Waals surface area contributed by atoms with E-state index in [0.29, 0.717) is 25.2 Å². The number of carbonyl (C=O) groups is 2. The van der Waals surface area contributed by atoms with Gasteiger partial charge in [0.1, 0.15) is 5.82 Å². The molecule has 0 bridgehead atoms. The number of rotatable bonds is 7. The van der Waals surface area contributed by atoms with Gasteiger partial charge in [-0.05, 0) is 44.0 Å². The first kappa shape index (κ1) is 23.2. The molecule has 0 spiro atoms. The Balaban J connectivity index is 1.66. The summed E-state index contributed by atoms with van der Waals surface area (Å²) >= 11 is 0. The molecule has 1 N–H and O–H groups in total. The summed E-state index contributed by atoms with van der Waals surface area (Å²) in [6.45, 7) is -0.422. The topological polar surface area (TPSA) is 80.8 Å². The van der Waals surface area contributed by atoms with Gasteiger partial charge in [0.15, 0.2) is 11.5 Å². The van der Waals surface area contributed by atoms with Gasteiger partial charge in [0.05, 0.1) is 13.0 Å². The Morgan fingerprint density at radius 1 is 1.25 bits per heavy atom. The lowest BCUT2D eigenvalue weighted by molar-refractivity contribution is -0.130. The number of nitrogens with zero attached hydrogens (tertiary/aromatic N) is 2. The van der Waals surface area contributed by atoms with Crippen LogP contribution in [0, 0.1) is 12.8 Å². The number of methoxy groups -OCH3 is 1. The molecule has 0 aliphatic carbocycles. The Kier molecular flexibility index (Phi) is 7.75. The number of hydrogen-bond acceptors (Lipinski definition) is 5. The van der Waals surface area contributed by atoms with Gasteiger partial charge in [-0.1, -0.05) is 18.2 Å². The molecule has 7 nitrogen and oxygen atoms in total. The maximum absolute atomic E-state index is 12.8. The molecule has 170 valence electrons. The first-order valence-corrected chi connectivity index (χ1v) is 10.2. The number of piperidine rings is 1. The van der Waals surface area contributed by atoms with Crippen LogP contribution in [-0.4, -0.2) is 48.5 Å². The first-order chi connectivity index (χ1) is 15.4. The fourth-order valence-electron chi connectivity index (χ4n) is 3.54. The first-order valence-electron chi connectivity index (χ1n) is 10.2. The molecule has 3 rings (SSSR count). The summed E-state index contributed by atoms with van der Waals surface area (Å²) in [6, 6.07) is 10.0. The van der Waals surface area contributed by atoms with E-state index in [0.717, 1.165) is 5.69 Å². The number of benzene rings is 1. The van der Waals surface area contributed by atoms with Crippen molar-refractivity contribution in [2.45, 2.75) is 26.4 Å². The molecule has 1 saturated heterocycles. The van der Waals surface area contributed by atoms with Crippen LogP contribution >= 0.6 is 0 Å². The van der Waals surface area contributed by atoms with Crippen molar-refractivity contribution in [3.63, 3.8) is 0 Å². The highest BCUT2D eigenvalue weighted by Crippen LogP contribution is 2.33. The Morgan fingerprint density at radius 3 is 2.75 bits per heavy atom. The number of aromatic nitrogens is 1. The summed E-state index contributed by atoms with van der Waals surface area (Å²) in [5, 5.41) is 2.80. The number of hydrogen-bond donors (Lipinski definition) is 1.